The van der Waals surface area contributed by atoms with E-state index in [0.29, 0.717) is 17.9 Å². The van der Waals surface area contributed by atoms with Crippen LogP contribution in [0.1, 0.15) is 74.1 Å². The lowest BCUT2D eigenvalue weighted by atomic mass is 10.2. The third-order valence-corrected chi connectivity index (χ3v) is 6.75. The van der Waals surface area contributed by atoms with Crippen LogP contribution in [0.2, 0.25) is 0 Å². The summed E-state index contributed by atoms with van der Waals surface area (Å²) in [6, 6.07) is 0. The van der Waals surface area contributed by atoms with E-state index >= 15 is 0 Å². The van der Waals surface area contributed by atoms with Crippen LogP contribution in [0.25, 0.3) is 0 Å². The lowest BCUT2D eigenvalue weighted by Crippen LogP contribution is -2.13. The minimum absolute atomic E-state index is 0.0938. The number of hydrogen-bond donors (Lipinski definition) is 0. The number of aromatic nitrogens is 3. The number of rotatable bonds is 10. The monoisotopic (exact) mass is 371 g/mol. The van der Waals surface area contributed by atoms with Crippen molar-refractivity contribution in [2.24, 2.45) is 0 Å². The molecule has 0 amide bonds. The van der Waals surface area contributed by atoms with E-state index in [9.17, 15) is 8.42 Å². The highest BCUT2D eigenvalue weighted by atomic mass is 32.2. The molecule has 2 aromatic heterocycles. The van der Waals surface area contributed by atoms with E-state index in [0.717, 1.165) is 37.1 Å². The third-order valence-electron chi connectivity index (χ3n) is 3.82. The predicted octanol–water partition coefficient (Wildman–Crippen LogP) is 3.89. The van der Waals surface area contributed by atoms with E-state index in [1.807, 2.05) is 5.38 Å². The molecule has 2 heterocycles. The summed E-state index contributed by atoms with van der Waals surface area (Å²) >= 11 is 1.52. The van der Waals surface area contributed by atoms with E-state index in [1.165, 1.54) is 11.3 Å². The van der Waals surface area contributed by atoms with Crippen molar-refractivity contribution in [3.05, 3.63) is 27.8 Å². The Hall–Kier alpha value is -1.28. The van der Waals surface area contributed by atoms with Crippen LogP contribution in [0.5, 0.6) is 0 Å². The minimum Gasteiger partial charge on any atom is -0.338 e. The number of hydrogen-bond acceptors (Lipinski definition) is 7. The first-order chi connectivity index (χ1) is 11.5. The molecule has 0 aliphatic rings. The number of sulfone groups is 1. The summed E-state index contributed by atoms with van der Waals surface area (Å²) in [6.07, 6.45) is 5.77. The Bertz CT molecular complexity index is 737. The molecule has 2 rings (SSSR count). The molecule has 0 spiro atoms. The fraction of sp³-hybridized carbons (Fsp3) is 0.688. The van der Waals surface area contributed by atoms with Gasteiger partial charge in [0.05, 0.1) is 16.5 Å². The summed E-state index contributed by atoms with van der Waals surface area (Å²) in [7, 11) is -3.43. The lowest BCUT2D eigenvalue weighted by molar-refractivity contribution is 0.370. The fourth-order valence-corrected chi connectivity index (χ4v) is 4.37. The number of aryl methyl sites for hydroxylation is 2. The van der Waals surface area contributed by atoms with Gasteiger partial charge in [0.25, 0.3) is 0 Å². The zero-order valence-corrected chi connectivity index (χ0v) is 16.1. The van der Waals surface area contributed by atoms with Crippen molar-refractivity contribution in [2.45, 2.75) is 70.3 Å². The molecule has 1 atom stereocenters. The van der Waals surface area contributed by atoms with Crippen LogP contribution in [0, 0.1) is 0 Å². The molecule has 0 radical (unpaired) electrons. The average Bonchev–Trinajstić information content (AvgIpc) is 3.19. The van der Waals surface area contributed by atoms with Gasteiger partial charge in [-0.15, -0.1) is 11.3 Å². The number of nitrogens with zero attached hydrogens (tertiary/aromatic N) is 3. The van der Waals surface area contributed by atoms with Crippen LogP contribution in [0.15, 0.2) is 9.90 Å². The Labute approximate surface area is 147 Å². The van der Waals surface area contributed by atoms with Crippen LogP contribution in [0.3, 0.4) is 0 Å². The highest BCUT2D eigenvalue weighted by Gasteiger charge is 2.29. The van der Waals surface area contributed by atoms with Gasteiger partial charge in [-0.25, -0.2) is 13.4 Å². The molecule has 8 heteroatoms. The highest BCUT2D eigenvalue weighted by Crippen LogP contribution is 2.25. The first kappa shape index (κ1) is 19.1. The predicted molar refractivity (Wildman–Crippen MR) is 94.7 cm³/mol. The Morgan fingerprint density at radius 2 is 1.88 bits per heavy atom. The zero-order chi connectivity index (χ0) is 17.6. The molecule has 0 aliphatic carbocycles. The van der Waals surface area contributed by atoms with Gasteiger partial charge in [-0.2, -0.15) is 4.98 Å². The molecule has 0 N–H and O–H groups in total. The second-order valence-electron chi connectivity index (χ2n) is 5.94. The van der Waals surface area contributed by atoms with E-state index in [-0.39, 0.29) is 11.6 Å². The van der Waals surface area contributed by atoms with Crippen molar-refractivity contribution in [1.82, 2.24) is 15.1 Å². The van der Waals surface area contributed by atoms with Crippen molar-refractivity contribution < 1.29 is 12.9 Å². The molecule has 0 aromatic carbocycles. The van der Waals surface area contributed by atoms with Gasteiger partial charge in [-0.3, -0.25) is 0 Å². The summed E-state index contributed by atoms with van der Waals surface area (Å²) < 4.78 is 30.3. The van der Waals surface area contributed by atoms with Gasteiger partial charge in [0, 0.05) is 11.8 Å². The van der Waals surface area contributed by atoms with E-state index in [2.05, 4.69) is 29.0 Å². The molecule has 0 bridgehead atoms. The molecule has 0 fully saturated rings. The van der Waals surface area contributed by atoms with Crippen molar-refractivity contribution >= 4 is 21.2 Å². The summed E-state index contributed by atoms with van der Waals surface area (Å²) in [5.41, 5.74) is 0.601. The van der Waals surface area contributed by atoms with Crippen molar-refractivity contribution in [2.75, 3.05) is 0 Å². The second-order valence-corrected chi connectivity index (χ2v) is 9.20. The Balaban J connectivity index is 2.03. The molecular formula is C16H25N3O3S2. The minimum atomic E-state index is -3.43. The molecule has 2 aromatic rings. The fourth-order valence-electron chi connectivity index (χ4n) is 2.21. The quantitative estimate of drug-likeness (QED) is 0.630. The number of unbranched alkanes of at least 4 members (excludes halogenated alkanes) is 2. The first-order valence-electron chi connectivity index (χ1n) is 8.43. The Morgan fingerprint density at radius 1 is 1.17 bits per heavy atom. The van der Waals surface area contributed by atoms with E-state index in [1.54, 1.807) is 6.92 Å². The van der Waals surface area contributed by atoms with Gasteiger partial charge in [-0.05, 0) is 26.2 Å². The smallest absolute Gasteiger partial charge is 0.244 e. The van der Waals surface area contributed by atoms with Crippen LogP contribution in [-0.4, -0.2) is 23.5 Å². The summed E-state index contributed by atoms with van der Waals surface area (Å²) in [4.78, 5) is 8.65. The van der Waals surface area contributed by atoms with Gasteiger partial charge in [0.2, 0.25) is 5.89 Å². The lowest BCUT2D eigenvalue weighted by Gasteiger charge is -2.07. The Kier molecular flexibility index (Phi) is 6.91. The van der Waals surface area contributed by atoms with Crippen LogP contribution in [0.4, 0.5) is 0 Å². The normalized spacial score (nSPS) is 13.3. The molecule has 1 unspecified atom stereocenters. The molecule has 134 valence electrons. The van der Waals surface area contributed by atoms with Gasteiger partial charge in [0.15, 0.2) is 15.7 Å². The van der Waals surface area contributed by atoms with Gasteiger partial charge < -0.3 is 4.52 Å². The average molecular weight is 372 g/mol. The standard InChI is InChI=1S/C16H25N3O3S2/c1-4-6-8-14-18-16(22-19-14)12(3)24(20,21)11-13-10-23-15(17-13)9-7-5-2/h10,12H,4-9,11H2,1-3H3. The van der Waals surface area contributed by atoms with Gasteiger partial charge in [-0.1, -0.05) is 31.8 Å². The zero-order valence-electron chi connectivity index (χ0n) is 14.5. The number of thiazole rings is 1. The molecular weight excluding hydrogens is 346 g/mol. The first-order valence-corrected chi connectivity index (χ1v) is 11.0. The second kappa shape index (κ2) is 8.71. The molecule has 0 saturated carbocycles. The third kappa shape index (κ3) is 5.11. The molecule has 24 heavy (non-hydrogen) atoms. The van der Waals surface area contributed by atoms with Crippen molar-refractivity contribution in [3.8, 4) is 0 Å². The van der Waals surface area contributed by atoms with Crippen LogP contribution in [-0.2, 0) is 28.4 Å². The van der Waals surface area contributed by atoms with Crippen molar-refractivity contribution in [3.63, 3.8) is 0 Å². The maximum absolute atomic E-state index is 12.6. The van der Waals surface area contributed by atoms with E-state index in [4.69, 9.17) is 4.52 Å². The van der Waals surface area contributed by atoms with Gasteiger partial charge >= 0.3 is 0 Å². The highest BCUT2D eigenvalue weighted by molar-refractivity contribution is 7.90. The maximum atomic E-state index is 12.6. The summed E-state index contributed by atoms with van der Waals surface area (Å²) in [6.45, 7) is 5.80. The largest absolute Gasteiger partial charge is 0.338 e. The topological polar surface area (TPSA) is 86.0 Å². The maximum Gasteiger partial charge on any atom is 0.244 e. The molecule has 0 aliphatic heterocycles. The SMILES string of the molecule is CCCCc1noc(C(C)S(=O)(=O)Cc2csc(CCCC)n2)n1. The molecule has 0 saturated heterocycles. The van der Waals surface area contributed by atoms with Crippen molar-refractivity contribution in [1.29, 1.82) is 0 Å². The van der Waals surface area contributed by atoms with Gasteiger partial charge in [0.1, 0.15) is 5.25 Å². The van der Waals surface area contributed by atoms with Crippen LogP contribution < -0.4 is 0 Å². The van der Waals surface area contributed by atoms with E-state index < -0.39 is 15.1 Å². The Morgan fingerprint density at radius 3 is 2.58 bits per heavy atom. The van der Waals surface area contributed by atoms with Crippen LogP contribution >= 0.6 is 11.3 Å². The molecule has 6 nitrogen and oxygen atoms in total. The summed E-state index contributed by atoms with van der Waals surface area (Å²) in [5.74, 6) is 0.649. The summed E-state index contributed by atoms with van der Waals surface area (Å²) in [5, 5.41) is 5.87.